The zero-order valence-corrected chi connectivity index (χ0v) is 14.4. The molecule has 0 spiro atoms. The van der Waals surface area contributed by atoms with Crippen LogP contribution in [0.25, 0.3) is 0 Å². The maximum Gasteiger partial charge on any atom is 0.227 e. The molecule has 3 heteroatoms. The van der Waals surface area contributed by atoms with E-state index in [4.69, 9.17) is 0 Å². The third kappa shape index (κ3) is 3.73. The molecule has 0 saturated heterocycles. The van der Waals surface area contributed by atoms with Gasteiger partial charge in [0.1, 0.15) is 0 Å². The summed E-state index contributed by atoms with van der Waals surface area (Å²) in [4.78, 5) is 24.5. The van der Waals surface area contributed by atoms with Crippen molar-refractivity contribution >= 4 is 17.4 Å². The van der Waals surface area contributed by atoms with Gasteiger partial charge >= 0.3 is 0 Å². The molecule has 1 fully saturated rings. The highest BCUT2D eigenvalue weighted by Crippen LogP contribution is 2.30. The SMILES string of the molecule is CC(C)(C)c1ccc(C(=O)c2cccc(NC(=O)C3CC3)c2)cc1. The zero-order chi connectivity index (χ0) is 17.3. The van der Waals surface area contributed by atoms with Crippen LogP contribution < -0.4 is 5.32 Å². The van der Waals surface area contributed by atoms with Crippen LogP contribution in [0.4, 0.5) is 5.69 Å². The van der Waals surface area contributed by atoms with Crippen LogP contribution >= 0.6 is 0 Å². The number of carbonyl (C=O) groups is 2. The van der Waals surface area contributed by atoms with Gasteiger partial charge in [0.25, 0.3) is 0 Å². The van der Waals surface area contributed by atoms with E-state index in [-0.39, 0.29) is 23.0 Å². The first-order chi connectivity index (χ1) is 11.3. The molecule has 2 aromatic carbocycles. The second kappa shape index (κ2) is 6.23. The van der Waals surface area contributed by atoms with Gasteiger partial charge in [-0.15, -0.1) is 0 Å². The topological polar surface area (TPSA) is 46.2 Å². The third-order valence-corrected chi connectivity index (χ3v) is 4.35. The Morgan fingerprint density at radius 2 is 1.62 bits per heavy atom. The van der Waals surface area contributed by atoms with Crippen molar-refractivity contribution in [3.8, 4) is 0 Å². The third-order valence-electron chi connectivity index (χ3n) is 4.35. The summed E-state index contributed by atoms with van der Waals surface area (Å²) in [5.41, 5.74) is 3.20. The smallest absolute Gasteiger partial charge is 0.227 e. The minimum Gasteiger partial charge on any atom is -0.326 e. The van der Waals surface area contributed by atoms with Crippen LogP contribution in [0.1, 0.15) is 55.1 Å². The first-order valence-electron chi connectivity index (χ1n) is 8.41. The van der Waals surface area contributed by atoms with E-state index in [1.807, 2.05) is 30.3 Å². The maximum atomic E-state index is 12.7. The Hall–Kier alpha value is -2.42. The molecule has 1 N–H and O–H groups in total. The summed E-state index contributed by atoms with van der Waals surface area (Å²) in [6.45, 7) is 6.45. The molecular formula is C21H23NO2. The fourth-order valence-corrected chi connectivity index (χ4v) is 2.62. The number of nitrogens with one attached hydrogen (secondary N) is 1. The highest BCUT2D eigenvalue weighted by Gasteiger charge is 2.29. The number of ketones is 1. The van der Waals surface area contributed by atoms with Crippen molar-refractivity contribution in [1.82, 2.24) is 0 Å². The molecule has 124 valence electrons. The van der Waals surface area contributed by atoms with Crippen molar-refractivity contribution in [2.45, 2.75) is 39.0 Å². The number of amides is 1. The molecule has 1 aliphatic carbocycles. The molecule has 24 heavy (non-hydrogen) atoms. The summed E-state index contributed by atoms with van der Waals surface area (Å²) in [7, 11) is 0. The fraction of sp³-hybridized carbons (Fsp3) is 0.333. The molecule has 1 saturated carbocycles. The molecular weight excluding hydrogens is 298 g/mol. The van der Waals surface area contributed by atoms with Crippen LogP contribution in [0.5, 0.6) is 0 Å². The fourth-order valence-electron chi connectivity index (χ4n) is 2.62. The molecule has 2 aromatic rings. The molecule has 3 rings (SSSR count). The highest BCUT2D eigenvalue weighted by atomic mass is 16.2. The Morgan fingerprint density at radius 3 is 2.21 bits per heavy atom. The predicted octanol–water partition coefficient (Wildman–Crippen LogP) is 4.56. The standard InChI is InChI=1S/C21H23NO2/c1-21(2,3)17-11-9-14(10-12-17)19(23)16-5-4-6-18(13-16)22-20(24)15-7-8-15/h4-6,9-13,15H,7-8H2,1-3H3,(H,22,24). The van der Waals surface area contributed by atoms with E-state index < -0.39 is 0 Å². The average Bonchev–Trinajstić information content (AvgIpc) is 3.39. The van der Waals surface area contributed by atoms with Gasteiger partial charge in [0.05, 0.1) is 0 Å². The van der Waals surface area contributed by atoms with E-state index >= 15 is 0 Å². The van der Waals surface area contributed by atoms with E-state index in [1.54, 1.807) is 18.2 Å². The van der Waals surface area contributed by atoms with Crippen molar-refractivity contribution in [1.29, 1.82) is 0 Å². The van der Waals surface area contributed by atoms with Gasteiger partial charge in [0, 0.05) is 22.7 Å². The lowest BCUT2D eigenvalue weighted by atomic mass is 9.86. The average molecular weight is 321 g/mol. The van der Waals surface area contributed by atoms with Crippen LogP contribution in [0, 0.1) is 5.92 Å². The van der Waals surface area contributed by atoms with Gasteiger partial charge in [0.15, 0.2) is 5.78 Å². The Bertz CT molecular complexity index is 765. The molecule has 3 nitrogen and oxygen atoms in total. The number of carbonyl (C=O) groups excluding carboxylic acids is 2. The van der Waals surface area contributed by atoms with Crippen LogP contribution in [0.2, 0.25) is 0 Å². The zero-order valence-electron chi connectivity index (χ0n) is 14.4. The molecule has 0 radical (unpaired) electrons. The minimum atomic E-state index is -0.0296. The van der Waals surface area contributed by atoms with Crippen LogP contribution in [-0.4, -0.2) is 11.7 Å². The van der Waals surface area contributed by atoms with Gasteiger partial charge in [-0.25, -0.2) is 0 Å². The summed E-state index contributed by atoms with van der Waals surface area (Å²) in [5.74, 6) is 0.168. The summed E-state index contributed by atoms with van der Waals surface area (Å²) >= 11 is 0. The first kappa shape index (κ1) is 16.4. The van der Waals surface area contributed by atoms with Crippen LogP contribution in [0.3, 0.4) is 0 Å². The van der Waals surface area contributed by atoms with Crippen LogP contribution in [0.15, 0.2) is 48.5 Å². The second-order valence-corrected chi connectivity index (χ2v) is 7.50. The molecule has 0 unspecified atom stereocenters. The maximum absolute atomic E-state index is 12.7. The molecule has 0 aliphatic heterocycles. The minimum absolute atomic E-state index is 0.0296. The van der Waals surface area contributed by atoms with Gasteiger partial charge < -0.3 is 5.32 Å². The molecule has 0 atom stereocenters. The summed E-state index contributed by atoms with van der Waals surface area (Å²) in [5, 5.41) is 2.89. The van der Waals surface area contributed by atoms with Gasteiger partial charge in [0.2, 0.25) is 5.91 Å². The van der Waals surface area contributed by atoms with Crippen molar-refractivity contribution in [2.75, 3.05) is 5.32 Å². The Morgan fingerprint density at radius 1 is 0.958 bits per heavy atom. The number of anilines is 1. The van der Waals surface area contributed by atoms with Crippen molar-refractivity contribution in [2.24, 2.45) is 5.92 Å². The summed E-state index contributed by atoms with van der Waals surface area (Å²) in [6, 6.07) is 14.9. The van der Waals surface area contributed by atoms with E-state index in [0.29, 0.717) is 16.8 Å². The summed E-state index contributed by atoms with van der Waals surface area (Å²) < 4.78 is 0. The quantitative estimate of drug-likeness (QED) is 0.839. The van der Waals surface area contributed by atoms with Gasteiger partial charge in [-0.3, -0.25) is 9.59 Å². The number of hydrogen-bond acceptors (Lipinski definition) is 2. The Balaban J connectivity index is 1.78. The molecule has 0 bridgehead atoms. The lowest BCUT2D eigenvalue weighted by molar-refractivity contribution is -0.117. The van der Waals surface area contributed by atoms with Gasteiger partial charge in [-0.05, 0) is 36.0 Å². The van der Waals surface area contributed by atoms with E-state index in [1.165, 1.54) is 5.56 Å². The normalized spacial score (nSPS) is 14.3. The van der Waals surface area contributed by atoms with Crippen molar-refractivity contribution in [3.05, 3.63) is 65.2 Å². The Kier molecular flexibility index (Phi) is 4.27. The largest absolute Gasteiger partial charge is 0.326 e. The lowest BCUT2D eigenvalue weighted by Gasteiger charge is -2.19. The molecule has 1 amide bonds. The molecule has 0 aromatic heterocycles. The number of rotatable bonds is 4. The number of benzene rings is 2. The van der Waals surface area contributed by atoms with Gasteiger partial charge in [-0.1, -0.05) is 57.2 Å². The molecule has 1 aliphatic rings. The highest BCUT2D eigenvalue weighted by molar-refractivity contribution is 6.09. The lowest BCUT2D eigenvalue weighted by Crippen LogP contribution is -2.14. The first-order valence-corrected chi connectivity index (χ1v) is 8.41. The van der Waals surface area contributed by atoms with E-state index in [0.717, 1.165) is 12.8 Å². The van der Waals surface area contributed by atoms with E-state index in [2.05, 4.69) is 26.1 Å². The number of hydrogen-bond donors (Lipinski definition) is 1. The Labute approximate surface area is 143 Å². The monoisotopic (exact) mass is 321 g/mol. The summed E-state index contributed by atoms with van der Waals surface area (Å²) in [6.07, 6.45) is 1.93. The van der Waals surface area contributed by atoms with Gasteiger partial charge in [-0.2, -0.15) is 0 Å². The van der Waals surface area contributed by atoms with Crippen LogP contribution in [-0.2, 0) is 10.2 Å². The molecule has 0 heterocycles. The van der Waals surface area contributed by atoms with Crippen molar-refractivity contribution < 1.29 is 9.59 Å². The predicted molar refractivity (Wildman–Crippen MR) is 96.4 cm³/mol. The second-order valence-electron chi connectivity index (χ2n) is 7.50. The van der Waals surface area contributed by atoms with E-state index in [9.17, 15) is 9.59 Å². The van der Waals surface area contributed by atoms with Crippen molar-refractivity contribution in [3.63, 3.8) is 0 Å².